The Morgan fingerprint density at radius 3 is 3.08 bits per heavy atom. The van der Waals surface area contributed by atoms with Gasteiger partial charge in [0.1, 0.15) is 5.52 Å². The molecule has 6 nitrogen and oxygen atoms in total. The smallest absolute Gasteiger partial charge is 0.338 e. The number of hydrogen-bond donors (Lipinski definition) is 1. The summed E-state index contributed by atoms with van der Waals surface area (Å²) in [5, 5.41) is 16.2. The van der Waals surface area contributed by atoms with Crippen LogP contribution in [0.25, 0.3) is 11.2 Å². The van der Waals surface area contributed by atoms with Gasteiger partial charge in [0.25, 0.3) is 0 Å². The summed E-state index contributed by atoms with van der Waals surface area (Å²) < 4.78 is 1.43. The van der Waals surface area contributed by atoms with E-state index in [1.54, 1.807) is 7.05 Å². The molecule has 0 spiro atoms. The second-order valence-corrected chi connectivity index (χ2v) is 2.55. The molecule has 0 amide bonds. The topological polar surface area (TPSA) is 80.9 Å². The van der Waals surface area contributed by atoms with E-state index >= 15 is 0 Å². The van der Waals surface area contributed by atoms with Crippen molar-refractivity contribution in [3.05, 3.63) is 17.8 Å². The lowest BCUT2D eigenvalue weighted by molar-refractivity contribution is 0.0698. The third-order valence-corrected chi connectivity index (χ3v) is 1.72. The molecule has 66 valence electrons. The lowest BCUT2D eigenvalue weighted by atomic mass is 10.2. The third kappa shape index (κ3) is 1.03. The molecule has 0 aliphatic carbocycles. The number of pyridine rings is 1. The highest BCUT2D eigenvalue weighted by molar-refractivity contribution is 5.99. The van der Waals surface area contributed by atoms with Crippen LogP contribution < -0.4 is 0 Å². The second kappa shape index (κ2) is 2.51. The van der Waals surface area contributed by atoms with Gasteiger partial charge < -0.3 is 5.11 Å². The number of fused-ring (bicyclic) bond motifs is 1. The monoisotopic (exact) mass is 178 g/mol. The van der Waals surface area contributed by atoms with E-state index in [4.69, 9.17) is 5.11 Å². The maximum Gasteiger partial charge on any atom is 0.338 e. The quantitative estimate of drug-likeness (QED) is 0.667. The number of aryl methyl sites for hydroxylation is 1. The summed E-state index contributed by atoms with van der Waals surface area (Å²) in [4.78, 5) is 14.7. The minimum Gasteiger partial charge on any atom is -0.478 e. The lowest BCUT2D eigenvalue weighted by Gasteiger charge is -1.93. The molecular weight excluding hydrogens is 172 g/mol. The Kier molecular flexibility index (Phi) is 1.48. The first kappa shape index (κ1) is 7.66. The van der Waals surface area contributed by atoms with Crippen LogP contribution in [-0.2, 0) is 7.05 Å². The van der Waals surface area contributed by atoms with Crippen LogP contribution in [0.4, 0.5) is 0 Å². The molecule has 0 radical (unpaired) electrons. The highest BCUT2D eigenvalue weighted by atomic mass is 16.4. The number of aromatic nitrogens is 4. The Labute approximate surface area is 72.8 Å². The van der Waals surface area contributed by atoms with E-state index < -0.39 is 5.97 Å². The largest absolute Gasteiger partial charge is 0.478 e. The van der Waals surface area contributed by atoms with Gasteiger partial charge in [-0.2, -0.15) is 0 Å². The van der Waals surface area contributed by atoms with Crippen molar-refractivity contribution in [2.45, 2.75) is 0 Å². The van der Waals surface area contributed by atoms with Crippen molar-refractivity contribution in [2.75, 3.05) is 0 Å². The molecule has 0 aliphatic rings. The zero-order valence-electron chi connectivity index (χ0n) is 6.80. The highest BCUT2D eigenvalue weighted by Crippen LogP contribution is 2.11. The first-order valence-corrected chi connectivity index (χ1v) is 3.58. The predicted octanol–water partition coefficient (Wildman–Crippen LogP) is 0.0615. The summed E-state index contributed by atoms with van der Waals surface area (Å²) in [6, 6.07) is 1.40. The van der Waals surface area contributed by atoms with Crippen LogP contribution in [-0.4, -0.2) is 31.1 Å². The molecule has 0 saturated carbocycles. The third-order valence-electron chi connectivity index (χ3n) is 1.72. The Morgan fingerprint density at radius 1 is 1.62 bits per heavy atom. The van der Waals surface area contributed by atoms with Crippen molar-refractivity contribution in [3.63, 3.8) is 0 Å². The molecule has 0 unspecified atom stereocenters. The molecular formula is C7H6N4O2. The van der Waals surface area contributed by atoms with Crippen molar-refractivity contribution in [1.29, 1.82) is 0 Å². The van der Waals surface area contributed by atoms with Crippen LogP contribution in [0.1, 0.15) is 10.4 Å². The lowest BCUT2D eigenvalue weighted by Crippen LogP contribution is -1.98. The van der Waals surface area contributed by atoms with Gasteiger partial charge in [0.2, 0.25) is 0 Å². The number of carbonyl (C=O) groups is 1. The van der Waals surface area contributed by atoms with Crippen molar-refractivity contribution in [1.82, 2.24) is 20.0 Å². The average molecular weight is 178 g/mol. The standard InChI is InChI=1S/C7H6N4O2/c1-11-6-5(9-10-11)4(7(12)13)2-3-8-6/h2-3H,1H3,(H,12,13). The number of rotatable bonds is 1. The van der Waals surface area contributed by atoms with Crippen LogP contribution in [0.15, 0.2) is 12.3 Å². The molecule has 0 saturated heterocycles. The number of aromatic carboxylic acids is 1. The van der Waals surface area contributed by atoms with Gasteiger partial charge in [0, 0.05) is 13.2 Å². The molecule has 2 rings (SSSR count). The van der Waals surface area contributed by atoms with E-state index in [2.05, 4.69) is 15.3 Å². The minimum absolute atomic E-state index is 0.123. The van der Waals surface area contributed by atoms with Gasteiger partial charge in [-0.1, -0.05) is 5.21 Å². The van der Waals surface area contributed by atoms with E-state index in [0.717, 1.165) is 0 Å². The molecule has 0 aromatic carbocycles. The summed E-state index contributed by atoms with van der Waals surface area (Å²) in [6.45, 7) is 0. The van der Waals surface area contributed by atoms with Crippen molar-refractivity contribution < 1.29 is 9.90 Å². The second-order valence-electron chi connectivity index (χ2n) is 2.55. The SMILES string of the molecule is Cn1nnc2c(C(=O)O)ccnc21. The maximum absolute atomic E-state index is 10.7. The molecule has 6 heteroatoms. The summed E-state index contributed by atoms with van der Waals surface area (Å²) in [7, 11) is 1.66. The summed E-state index contributed by atoms with van der Waals surface area (Å²) in [5.41, 5.74) is 0.913. The molecule has 13 heavy (non-hydrogen) atoms. The fourth-order valence-corrected chi connectivity index (χ4v) is 1.11. The first-order valence-electron chi connectivity index (χ1n) is 3.58. The van der Waals surface area contributed by atoms with Crippen LogP contribution in [0, 0.1) is 0 Å². The fraction of sp³-hybridized carbons (Fsp3) is 0.143. The summed E-state index contributed by atoms with van der Waals surface area (Å²) in [5.74, 6) is -1.02. The van der Waals surface area contributed by atoms with E-state index in [-0.39, 0.29) is 5.56 Å². The van der Waals surface area contributed by atoms with Gasteiger partial charge in [-0.25, -0.2) is 14.5 Å². The Balaban J connectivity index is 2.84. The molecule has 0 atom stereocenters. The van der Waals surface area contributed by atoms with E-state index in [1.807, 2.05) is 0 Å². The molecule has 0 bridgehead atoms. The Hall–Kier alpha value is -1.98. The molecule has 2 aromatic rings. The summed E-state index contributed by atoms with van der Waals surface area (Å²) >= 11 is 0. The van der Waals surface area contributed by atoms with E-state index in [0.29, 0.717) is 11.2 Å². The summed E-state index contributed by atoms with van der Waals surface area (Å²) in [6.07, 6.45) is 1.43. The molecule has 2 aromatic heterocycles. The van der Waals surface area contributed by atoms with Gasteiger partial charge >= 0.3 is 5.97 Å². The minimum atomic E-state index is -1.02. The van der Waals surface area contributed by atoms with Crippen LogP contribution in [0.3, 0.4) is 0 Å². The maximum atomic E-state index is 10.7. The van der Waals surface area contributed by atoms with Crippen LogP contribution in [0.2, 0.25) is 0 Å². The van der Waals surface area contributed by atoms with Gasteiger partial charge in [0.15, 0.2) is 5.65 Å². The van der Waals surface area contributed by atoms with Gasteiger partial charge in [-0.3, -0.25) is 0 Å². The fourth-order valence-electron chi connectivity index (χ4n) is 1.11. The Bertz CT molecular complexity index is 476. The van der Waals surface area contributed by atoms with Crippen LogP contribution >= 0.6 is 0 Å². The van der Waals surface area contributed by atoms with Crippen LogP contribution in [0.5, 0.6) is 0 Å². The molecule has 0 fully saturated rings. The van der Waals surface area contributed by atoms with Gasteiger partial charge in [-0.05, 0) is 6.07 Å². The van der Waals surface area contributed by atoms with Crippen molar-refractivity contribution in [2.24, 2.45) is 7.05 Å². The predicted molar refractivity (Wildman–Crippen MR) is 43.3 cm³/mol. The highest BCUT2D eigenvalue weighted by Gasteiger charge is 2.12. The zero-order chi connectivity index (χ0) is 9.42. The van der Waals surface area contributed by atoms with Gasteiger partial charge in [-0.15, -0.1) is 5.10 Å². The molecule has 0 aliphatic heterocycles. The Morgan fingerprint density at radius 2 is 2.38 bits per heavy atom. The molecule has 1 N–H and O–H groups in total. The number of carboxylic acid groups (broad SMARTS) is 1. The van der Waals surface area contributed by atoms with Crippen molar-refractivity contribution >= 4 is 17.1 Å². The van der Waals surface area contributed by atoms with Crippen molar-refractivity contribution in [3.8, 4) is 0 Å². The first-order chi connectivity index (χ1) is 6.20. The number of nitrogens with zero attached hydrogens (tertiary/aromatic N) is 4. The average Bonchev–Trinajstić information content (AvgIpc) is 2.48. The number of hydrogen-bond acceptors (Lipinski definition) is 4. The van der Waals surface area contributed by atoms with Gasteiger partial charge in [0.05, 0.1) is 5.56 Å². The van der Waals surface area contributed by atoms with E-state index in [9.17, 15) is 4.79 Å². The van der Waals surface area contributed by atoms with E-state index in [1.165, 1.54) is 16.9 Å². The number of carboxylic acids is 1. The molecule has 2 heterocycles. The zero-order valence-corrected chi connectivity index (χ0v) is 6.80. The normalized spacial score (nSPS) is 10.5.